The van der Waals surface area contributed by atoms with Crippen LogP contribution in [0.15, 0.2) is 24.3 Å². The lowest BCUT2D eigenvalue weighted by atomic mass is 10.0. The van der Waals surface area contributed by atoms with Crippen LogP contribution in [0.3, 0.4) is 0 Å². The predicted molar refractivity (Wildman–Crippen MR) is 95.3 cm³/mol. The number of aryl methyl sites for hydroxylation is 1. The molecule has 1 saturated heterocycles. The first-order valence-electron chi connectivity index (χ1n) is 8.59. The number of rotatable bonds is 3. The SMILES string of the molecule is Cc1nc2ccc(O)cc2cc1C(=O)NC1CCN(C(C)C)CC1. The van der Waals surface area contributed by atoms with E-state index in [0.717, 1.165) is 36.8 Å². The number of nitrogens with one attached hydrogen (secondary N) is 1. The Labute approximate surface area is 142 Å². The van der Waals surface area contributed by atoms with Crippen LogP contribution in [0.25, 0.3) is 10.9 Å². The fourth-order valence-electron chi connectivity index (χ4n) is 3.31. The van der Waals surface area contributed by atoms with Gasteiger partial charge in [0, 0.05) is 30.6 Å². The molecule has 1 aliphatic rings. The van der Waals surface area contributed by atoms with Crippen LogP contribution in [-0.4, -0.2) is 46.1 Å². The van der Waals surface area contributed by atoms with Gasteiger partial charge >= 0.3 is 0 Å². The van der Waals surface area contributed by atoms with Crippen LogP contribution in [0.1, 0.15) is 42.7 Å². The highest BCUT2D eigenvalue weighted by atomic mass is 16.3. The van der Waals surface area contributed by atoms with Gasteiger partial charge in [0.2, 0.25) is 0 Å². The van der Waals surface area contributed by atoms with E-state index >= 15 is 0 Å². The number of hydrogen-bond donors (Lipinski definition) is 2. The molecule has 0 spiro atoms. The van der Waals surface area contributed by atoms with Crippen molar-refractivity contribution in [1.82, 2.24) is 15.2 Å². The summed E-state index contributed by atoms with van der Waals surface area (Å²) in [6, 6.07) is 7.60. The van der Waals surface area contributed by atoms with Crippen LogP contribution in [-0.2, 0) is 0 Å². The van der Waals surface area contributed by atoms with E-state index in [0.29, 0.717) is 17.3 Å². The van der Waals surface area contributed by atoms with Gasteiger partial charge in [0.1, 0.15) is 5.75 Å². The van der Waals surface area contributed by atoms with Crippen LogP contribution < -0.4 is 5.32 Å². The zero-order chi connectivity index (χ0) is 17.3. The number of hydrogen-bond acceptors (Lipinski definition) is 4. The third kappa shape index (κ3) is 3.51. The van der Waals surface area contributed by atoms with Crippen LogP contribution in [0.2, 0.25) is 0 Å². The van der Waals surface area contributed by atoms with E-state index in [1.165, 1.54) is 0 Å². The van der Waals surface area contributed by atoms with Gasteiger partial charge in [0.25, 0.3) is 5.91 Å². The maximum atomic E-state index is 12.7. The van der Waals surface area contributed by atoms with Crippen molar-refractivity contribution in [2.75, 3.05) is 13.1 Å². The average molecular weight is 327 g/mol. The number of amides is 1. The fourth-order valence-corrected chi connectivity index (χ4v) is 3.31. The minimum Gasteiger partial charge on any atom is -0.508 e. The molecule has 24 heavy (non-hydrogen) atoms. The van der Waals surface area contributed by atoms with E-state index in [2.05, 4.69) is 29.0 Å². The third-order valence-corrected chi connectivity index (χ3v) is 4.83. The van der Waals surface area contributed by atoms with Gasteiger partial charge in [-0.3, -0.25) is 9.78 Å². The molecular formula is C19H25N3O2. The number of aromatic nitrogens is 1. The summed E-state index contributed by atoms with van der Waals surface area (Å²) in [5.41, 5.74) is 2.08. The first-order valence-corrected chi connectivity index (χ1v) is 8.59. The minimum atomic E-state index is -0.0757. The minimum absolute atomic E-state index is 0.0757. The number of fused-ring (bicyclic) bond motifs is 1. The summed E-state index contributed by atoms with van der Waals surface area (Å²) in [6.07, 6.45) is 1.95. The molecule has 0 atom stereocenters. The highest BCUT2D eigenvalue weighted by Gasteiger charge is 2.23. The Hall–Kier alpha value is -2.14. The van der Waals surface area contributed by atoms with Crippen molar-refractivity contribution < 1.29 is 9.90 Å². The van der Waals surface area contributed by atoms with Gasteiger partial charge in [0.05, 0.1) is 16.8 Å². The third-order valence-electron chi connectivity index (χ3n) is 4.83. The number of benzene rings is 1. The Bertz CT molecular complexity index is 750. The van der Waals surface area contributed by atoms with Crippen molar-refractivity contribution >= 4 is 16.8 Å². The molecule has 2 N–H and O–H groups in total. The predicted octanol–water partition coefficient (Wildman–Crippen LogP) is 2.85. The summed E-state index contributed by atoms with van der Waals surface area (Å²) in [5.74, 6) is 0.105. The number of piperidine rings is 1. The first-order chi connectivity index (χ1) is 11.4. The van der Waals surface area contributed by atoms with E-state index < -0.39 is 0 Å². The molecule has 1 aromatic heterocycles. The van der Waals surface area contributed by atoms with Crippen LogP contribution in [0.4, 0.5) is 0 Å². The Morgan fingerprint density at radius 2 is 2.00 bits per heavy atom. The average Bonchev–Trinajstić information content (AvgIpc) is 2.55. The second-order valence-corrected chi connectivity index (χ2v) is 6.88. The second-order valence-electron chi connectivity index (χ2n) is 6.88. The Balaban J connectivity index is 1.73. The molecule has 1 fully saturated rings. The summed E-state index contributed by atoms with van der Waals surface area (Å²) in [5, 5.41) is 13.6. The fraction of sp³-hybridized carbons (Fsp3) is 0.474. The maximum Gasteiger partial charge on any atom is 0.253 e. The summed E-state index contributed by atoms with van der Waals surface area (Å²) >= 11 is 0. The number of phenols is 1. The molecule has 0 radical (unpaired) electrons. The van der Waals surface area contributed by atoms with Gasteiger partial charge < -0.3 is 15.3 Å². The quantitative estimate of drug-likeness (QED) is 0.910. The van der Waals surface area contributed by atoms with Gasteiger partial charge in [-0.05, 0) is 57.9 Å². The van der Waals surface area contributed by atoms with Gasteiger partial charge in [-0.15, -0.1) is 0 Å². The Kier molecular flexibility index (Phi) is 4.71. The van der Waals surface area contributed by atoms with Crippen molar-refractivity contribution in [1.29, 1.82) is 0 Å². The van der Waals surface area contributed by atoms with Crippen molar-refractivity contribution in [2.45, 2.75) is 45.7 Å². The Morgan fingerprint density at radius 3 is 2.67 bits per heavy atom. The molecule has 0 aliphatic carbocycles. The molecule has 2 heterocycles. The first kappa shape index (κ1) is 16.7. The van der Waals surface area contributed by atoms with E-state index in [1.54, 1.807) is 18.2 Å². The largest absolute Gasteiger partial charge is 0.508 e. The zero-order valence-corrected chi connectivity index (χ0v) is 14.5. The number of carbonyl (C=O) groups excluding carboxylic acids is 1. The zero-order valence-electron chi connectivity index (χ0n) is 14.5. The molecule has 5 heteroatoms. The van der Waals surface area contributed by atoms with E-state index in [1.807, 2.05) is 13.0 Å². The van der Waals surface area contributed by atoms with Gasteiger partial charge in [-0.2, -0.15) is 0 Å². The molecule has 1 amide bonds. The summed E-state index contributed by atoms with van der Waals surface area (Å²) < 4.78 is 0. The normalized spacial score (nSPS) is 16.7. The molecule has 3 rings (SSSR count). The van der Waals surface area contributed by atoms with Gasteiger partial charge in [-0.1, -0.05) is 0 Å². The summed E-state index contributed by atoms with van der Waals surface area (Å²) in [7, 11) is 0. The number of phenolic OH excluding ortho intramolecular Hbond substituents is 1. The molecule has 1 aromatic carbocycles. The van der Waals surface area contributed by atoms with E-state index in [-0.39, 0.29) is 17.7 Å². The Morgan fingerprint density at radius 1 is 1.29 bits per heavy atom. The highest BCUT2D eigenvalue weighted by Crippen LogP contribution is 2.21. The number of pyridine rings is 1. The number of likely N-dealkylation sites (tertiary alicyclic amines) is 1. The van der Waals surface area contributed by atoms with Gasteiger partial charge in [0.15, 0.2) is 0 Å². The van der Waals surface area contributed by atoms with Crippen molar-refractivity contribution in [3.05, 3.63) is 35.5 Å². The number of aromatic hydroxyl groups is 1. The summed E-state index contributed by atoms with van der Waals surface area (Å²) in [6.45, 7) is 8.30. The second kappa shape index (κ2) is 6.77. The lowest BCUT2D eigenvalue weighted by molar-refractivity contribution is 0.0900. The maximum absolute atomic E-state index is 12.7. The molecular weight excluding hydrogens is 302 g/mol. The number of carbonyl (C=O) groups is 1. The molecule has 0 saturated carbocycles. The standard InChI is InChI=1S/C19H25N3O2/c1-12(2)22-8-6-15(7-9-22)21-19(24)17-11-14-10-16(23)4-5-18(14)20-13(17)3/h4-5,10-12,15,23H,6-9H2,1-3H3,(H,21,24). The molecule has 0 bridgehead atoms. The molecule has 5 nitrogen and oxygen atoms in total. The topological polar surface area (TPSA) is 65.5 Å². The monoisotopic (exact) mass is 327 g/mol. The molecule has 0 unspecified atom stereocenters. The molecule has 1 aliphatic heterocycles. The molecule has 128 valence electrons. The van der Waals surface area contributed by atoms with E-state index in [9.17, 15) is 9.90 Å². The van der Waals surface area contributed by atoms with Crippen molar-refractivity contribution in [2.24, 2.45) is 0 Å². The van der Waals surface area contributed by atoms with E-state index in [4.69, 9.17) is 0 Å². The summed E-state index contributed by atoms with van der Waals surface area (Å²) in [4.78, 5) is 19.6. The smallest absolute Gasteiger partial charge is 0.253 e. The lowest BCUT2D eigenvalue weighted by Gasteiger charge is -2.34. The van der Waals surface area contributed by atoms with Crippen LogP contribution in [0, 0.1) is 6.92 Å². The number of nitrogens with zero attached hydrogens (tertiary/aromatic N) is 2. The van der Waals surface area contributed by atoms with Crippen molar-refractivity contribution in [3.63, 3.8) is 0 Å². The van der Waals surface area contributed by atoms with Crippen LogP contribution in [0.5, 0.6) is 5.75 Å². The lowest BCUT2D eigenvalue weighted by Crippen LogP contribution is -2.46. The van der Waals surface area contributed by atoms with Crippen molar-refractivity contribution in [3.8, 4) is 5.75 Å². The highest BCUT2D eigenvalue weighted by molar-refractivity contribution is 5.99. The van der Waals surface area contributed by atoms with Gasteiger partial charge in [-0.25, -0.2) is 0 Å². The molecule has 2 aromatic rings. The van der Waals surface area contributed by atoms with Crippen LogP contribution >= 0.6 is 0 Å².